The van der Waals surface area contributed by atoms with Gasteiger partial charge in [-0.3, -0.25) is 4.79 Å². The van der Waals surface area contributed by atoms with Gasteiger partial charge in [0.15, 0.2) is 0 Å². The van der Waals surface area contributed by atoms with E-state index in [1.54, 1.807) is 6.26 Å². The quantitative estimate of drug-likeness (QED) is 0.388. The lowest BCUT2D eigenvalue weighted by Crippen LogP contribution is -2.01. The predicted molar refractivity (Wildman–Crippen MR) is 88.5 cm³/mol. The Morgan fingerprint density at radius 3 is 2.00 bits per heavy atom. The SMILES string of the molecule is CCCCCCCCCCCCCC(=O)Cc1ccco1. The minimum atomic E-state index is 0.306. The van der Waals surface area contributed by atoms with Gasteiger partial charge in [-0.1, -0.05) is 71.1 Å². The van der Waals surface area contributed by atoms with Gasteiger partial charge in [0.1, 0.15) is 11.5 Å². The van der Waals surface area contributed by atoms with E-state index in [1.807, 2.05) is 12.1 Å². The first-order chi connectivity index (χ1) is 10.3. The third-order valence-electron chi connectivity index (χ3n) is 4.01. The summed E-state index contributed by atoms with van der Waals surface area (Å²) in [5.41, 5.74) is 0. The van der Waals surface area contributed by atoms with E-state index in [-0.39, 0.29) is 0 Å². The summed E-state index contributed by atoms with van der Waals surface area (Å²) in [6.45, 7) is 2.26. The van der Waals surface area contributed by atoms with Gasteiger partial charge in [0.2, 0.25) is 0 Å². The second-order valence-electron chi connectivity index (χ2n) is 6.08. The van der Waals surface area contributed by atoms with Crippen LogP contribution in [0.25, 0.3) is 0 Å². The summed E-state index contributed by atoms with van der Waals surface area (Å²) in [4.78, 5) is 11.7. The largest absolute Gasteiger partial charge is 0.469 e. The lowest BCUT2D eigenvalue weighted by Gasteiger charge is -2.02. The van der Waals surface area contributed by atoms with E-state index in [1.165, 1.54) is 64.2 Å². The Morgan fingerprint density at radius 1 is 0.905 bits per heavy atom. The van der Waals surface area contributed by atoms with Crippen molar-refractivity contribution in [2.45, 2.75) is 90.4 Å². The average molecular weight is 292 g/mol. The Balaban J connectivity index is 1.81. The number of ketones is 1. The molecule has 0 aliphatic heterocycles. The Bertz CT molecular complexity index is 340. The molecule has 120 valence electrons. The first-order valence-electron chi connectivity index (χ1n) is 8.87. The fourth-order valence-electron chi connectivity index (χ4n) is 2.68. The number of furan rings is 1. The Kier molecular flexibility index (Phi) is 10.9. The molecule has 1 heterocycles. The molecule has 1 aromatic rings. The number of carbonyl (C=O) groups excluding carboxylic acids is 1. The van der Waals surface area contributed by atoms with Gasteiger partial charge in [0, 0.05) is 6.42 Å². The van der Waals surface area contributed by atoms with Gasteiger partial charge in [-0.05, 0) is 18.6 Å². The fraction of sp³-hybridized carbons (Fsp3) is 0.737. The third-order valence-corrected chi connectivity index (χ3v) is 4.01. The molecule has 0 aliphatic carbocycles. The summed E-state index contributed by atoms with van der Waals surface area (Å²) in [5.74, 6) is 1.10. The summed E-state index contributed by atoms with van der Waals surface area (Å²) in [6, 6.07) is 3.71. The zero-order chi connectivity index (χ0) is 15.2. The van der Waals surface area contributed by atoms with E-state index >= 15 is 0 Å². The van der Waals surface area contributed by atoms with Crippen LogP contribution in [0.5, 0.6) is 0 Å². The van der Waals surface area contributed by atoms with Gasteiger partial charge in [-0.25, -0.2) is 0 Å². The molecule has 0 unspecified atom stereocenters. The van der Waals surface area contributed by atoms with Crippen molar-refractivity contribution < 1.29 is 9.21 Å². The molecule has 1 rings (SSSR count). The maximum absolute atomic E-state index is 11.7. The lowest BCUT2D eigenvalue weighted by atomic mass is 10.0. The van der Waals surface area contributed by atoms with E-state index in [0.29, 0.717) is 18.6 Å². The monoisotopic (exact) mass is 292 g/mol. The molecule has 1 aromatic heterocycles. The minimum absolute atomic E-state index is 0.306. The molecular formula is C19H32O2. The molecule has 0 spiro atoms. The second-order valence-corrected chi connectivity index (χ2v) is 6.08. The predicted octanol–water partition coefficient (Wildman–Crippen LogP) is 6.09. The van der Waals surface area contributed by atoms with Crippen LogP contribution in [0.3, 0.4) is 0 Å². The first kappa shape index (κ1) is 18.0. The first-order valence-corrected chi connectivity index (χ1v) is 8.87. The molecule has 0 saturated heterocycles. The molecule has 2 heteroatoms. The van der Waals surface area contributed by atoms with Crippen LogP contribution >= 0.6 is 0 Å². The Labute approximate surface area is 130 Å². The number of hydrogen-bond donors (Lipinski definition) is 0. The number of rotatable bonds is 14. The Hall–Kier alpha value is -1.05. The van der Waals surface area contributed by atoms with Crippen molar-refractivity contribution in [1.29, 1.82) is 0 Å². The van der Waals surface area contributed by atoms with E-state index in [9.17, 15) is 4.79 Å². The van der Waals surface area contributed by atoms with E-state index in [2.05, 4.69) is 6.92 Å². The van der Waals surface area contributed by atoms with E-state index in [4.69, 9.17) is 4.42 Å². The topological polar surface area (TPSA) is 30.2 Å². The number of hydrogen-bond acceptors (Lipinski definition) is 2. The normalized spacial score (nSPS) is 10.9. The maximum Gasteiger partial charge on any atom is 0.140 e. The summed E-state index contributed by atoms with van der Waals surface area (Å²) in [6.07, 6.45) is 17.4. The van der Waals surface area contributed by atoms with Crippen LogP contribution in [0.4, 0.5) is 0 Å². The van der Waals surface area contributed by atoms with Crippen LogP contribution in [-0.4, -0.2) is 5.78 Å². The molecule has 0 amide bonds. The van der Waals surface area contributed by atoms with Crippen LogP contribution in [0.1, 0.15) is 89.7 Å². The second kappa shape index (κ2) is 12.7. The summed E-state index contributed by atoms with van der Waals surface area (Å²) < 4.78 is 5.19. The molecule has 0 radical (unpaired) electrons. The standard InChI is InChI=1S/C19H32O2/c1-2-3-4-5-6-7-8-9-10-11-12-14-18(20)17-19-15-13-16-21-19/h13,15-16H,2-12,14,17H2,1H3. The molecule has 0 bridgehead atoms. The smallest absolute Gasteiger partial charge is 0.140 e. The third kappa shape index (κ3) is 10.3. The van der Waals surface area contributed by atoms with Gasteiger partial charge in [-0.2, -0.15) is 0 Å². The van der Waals surface area contributed by atoms with Crippen LogP contribution < -0.4 is 0 Å². The number of carbonyl (C=O) groups is 1. The highest BCUT2D eigenvalue weighted by molar-refractivity contribution is 5.80. The van der Waals surface area contributed by atoms with Gasteiger partial charge < -0.3 is 4.42 Å². The van der Waals surface area contributed by atoms with Gasteiger partial charge in [-0.15, -0.1) is 0 Å². The van der Waals surface area contributed by atoms with Crippen LogP contribution in [0, 0.1) is 0 Å². The van der Waals surface area contributed by atoms with Crippen molar-refractivity contribution in [1.82, 2.24) is 0 Å². The number of Topliss-reactive ketones (excluding diaryl/α,β-unsaturated/α-hetero) is 1. The molecule has 0 N–H and O–H groups in total. The van der Waals surface area contributed by atoms with Crippen molar-refractivity contribution in [3.05, 3.63) is 24.2 Å². The lowest BCUT2D eigenvalue weighted by molar-refractivity contribution is -0.118. The number of unbranched alkanes of at least 4 members (excludes halogenated alkanes) is 10. The van der Waals surface area contributed by atoms with Crippen molar-refractivity contribution in [2.24, 2.45) is 0 Å². The molecule has 0 aromatic carbocycles. The van der Waals surface area contributed by atoms with Gasteiger partial charge >= 0.3 is 0 Å². The van der Waals surface area contributed by atoms with E-state index < -0.39 is 0 Å². The molecule has 0 saturated carbocycles. The van der Waals surface area contributed by atoms with Crippen molar-refractivity contribution in [2.75, 3.05) is 0 Å². The molecule has 0 aliphatic rings. The minimum Gasteiger partial charge on any atom is -0.469 e. The van der Waals surface area contributed by atoms with Gasteiger partial charge in [0.05, 0.1) is 12.7 Å². The molecule has 0 fully saturated rings. The van der Waals surface area contributed by atoms with Crippen LogP contribution in [-0.2, 0) is 11.2 Å². The zero-order valence-corrected chi connectivity index (χ0v) is 13.7. The highest BCUT2D eigenvalue weighted by Crippen LogP contribution is 2.12. The zero-order valence-electron chi connectivity index (χ0n) is 13.7. The van der Waals surface area contributed by atoms with Crippen molar-refractivity contribution in [3.63, 3.8) is 0 Å². The summed E-state index contributed by atoms with van der Waals surface area (Å²) >= 11 is 0. The molecule has 2 nitrogen and oxygen atoms in total. The molecule has 21 heavy (non-hydrogen) atoms. The fourth-order valence-corrected chi connectivity index (χ4v) is 2.68. The highest BCUT2D eigenvalue weighted by Gasteiger charge is 2.05. The summed E-state index contributed by atoms with van der Waals surface area (Å²) in [7, 11) is 0. The maximum atomic E-state index is 11.7. The Morgan fingerprint density at radius 2 is 1.48 bits per heavy atom. The van der Waals surface area contributed by atoms with Crippen molar-refractivity contribution in [3.8, 4) is 0 Å². The van der Waals surface area contributed by atoms with Crippen molar-refractivity contribution >= 4 is 5.78 Å². The molecular weight excluding hydrogens is 260 g/mol. The molecule has 0 atom stereocenters. The van der Waals surface area contributed by atoms with Crippen LogP contribution in [0.15, 0.2) is 22.8 Å². The van der Waals surface area contributed by atoms with E-state index in [0.717, 1.165) is 12.2 Å². The highest BCUT2D eigenvalue weighted by atomic mass is 16.3. The average Bonchev–Trinajstić information content (AvgIpc) is 2.97. The summed E-state index contributed by atoms with van der Waals surface area (Å²) in [5, 5.41) is 0. The van der Waals surface area contributed by atoms with Crippen LogP contribution in [0.2, 0.25) is 0 Å². The van der Waals surface area contributed by atoms with Gasteiger partial charge in [0.25, 0.3) is 0 Å².